The number of nitrogens with one attached hydrogen (secondary N) is 2. The molecule has 0 bridgehead atoms. The highest BCUT2D eigenvalue weighted by molar-refractivity contribution is 6.32. The van der Waals surface area contributed by atoms with E-state index in [4.69, 9.17) is 21.1 Å². The molecule has 2 atom stereocenters. The molecule has 3 rings (SSSR count). The van der Waals surface area contributed by atoms with E-state index in [9.17, 15) is 4.79 Å². The van der Waals surface area contributed by atoms with Crippen LogP contribution in [0.1, 0.15) is 43.9 Å². The predicted molar refractivity (Wildman–Crippen MR) is 119 cm³/mol. The molecule has 0 radical (unpaired) electrons. The fourth-order valence-electron chi connectivity index (χ4n) is 3.47. The van der Waals surface area contributed by atoms with Crippen LogP contribution in [0.3, 0.4) is 0 Å². The van der Waals surface area contributed by atoms with Gasteiger partial charge in [0.25, 0.3) is 0 Å². The summed E-state index contributed by atoms with van der Waals surface area (Å²) >= 11 is 6.25. The molecule has 0 aromatic heterocycles. The second-order valence-corrected chi connectivity index (χ2v) is 7.57. The molecule has 30 heavy (non-hydrogen) atoms. The van der Waals surface area contributed by atoms with Crippen molar-refractivity contribution in [1.29, 1.82) is 0 Å². The Balaban J connectivity index is 0.00000320. The maximum absolute atomic E-state index is 15.3. The smallest absolute Gasteiger partial charge is 0.207 e. The lowest BCUT2D eigenvalue weighted by Crippen LogP contribution is -2.38. The largest absolute Gasteiger partial charge is 0.493 e. The van der Waals surface area contributed by atoms with Gasteiger partial charge >= 0.3 is 0 Å². The second-order valence-electron chi connectivity index (χ2n) is 7.16. The number of halogens is 3. The Bertz CT molecular complexity index is 867. The highest BCUT2D eigenvalue weighted by Crippen LogP contribution is 2.38. The quantitative estimate of drug-likeness (QED) is 0.509. The third-order valence-electron chi connectivity index (χ3n) is 4.96. The summed E-state index contributed by atoms with van der Waals surface area (Å²) in [5.41, 5.74) is 1.59. The number of fused-ring (bicyclic) bond motifs is 1. The summed E-state index contributed by atoms with van der Waals surface area (Å²) in [7, 11) is 0. The van der Waals surface area contributed by atoms with Gasteiger partial charge in [-0.2, -0.15) is 0 Å². The van der Waals surface area contributed by atoms with Gasteiger partial charge in [0.1, 0.15) is 11.5 Å². The molecule has 0 saturated heterocycles. The molecule has 1 heterocycles. The summed E-state index contributed by atoms with van der Waals surface area (Å²) in [6.45, 7) is 5.01. The van der Waals surface area contributed by atoms with Crippen molar-refractivity contribution in [2.75, 3.05) is 13.2 Å². The first kappa shape index (κ1) is 24.3. The van der Waals surface area contributed by atoms with E-state index < -0.39 is 5.82 Å². The molecule has 2 N–H and O–H groups in total. The van der Waals surface area contributed by atoms with Crippen molar-refractivity contribution in [3.05, 3.63) is 52.3 Å². The molecule has 5 nitrogen and oxygen atoms in total. The van der Waals surface area contributed by atoms with Gasteiger partial charge in [0, 0.05) is 30.3 Å². The van der Waals surface area contributed by atoms with Crippen LogP contribution >= 0.6 is 24.0 Å². The number of benzene rings is 2. The molecule has 0 saturated carbocycles. The number of hydrogen-bond donors (Lipinski definition) is 2. The van der Waals surface area contributed by atoms with Crippen LogP contribution in [-0.4, -0.2) is 25.6 Å². The van der Waals surface area contributed by atoms with Gasteiger partial charge in [0.15, 0.2) is 11.6 Å². The van der Waals surface area contributed by atoms with Crippen molar-refractivity contribution in [3.63, 3.8) is 0 Å². The van der Waals surface area contributed by atoms with Crippen LogP contribution in [0.2, 0.25) is 5.02 Å². The van der Waals surface area contributed by atoms with Gasteiger partial charge in [-0.15, -0.1) is 12.4 Å². The summed E-state index contributed by atoms with van der Waals surface area (Å²) in [6, 6.07) is 8.56. The lowest BCUT2D eigenvalue weighted by atomic mass is 10.0. The minimum absolute atomic E-state index is 0. The Hall–Kier alpha value is -2.02. The van der Waals surface area contributed by atoms with Gasteiger partial charge in [-0.05, 0) is 43.9 Å². The van der Waals surface area contributed by atoms with Gasteiger partial charge in [0.2, 0.25) is 6.41 Å². The molecular weight excluding hydrogens is 430 g/mol. The Morgan fingerprint density at radius 2 is 2.13 bits per heavy atom. The summed E-state index contributed by atoms with van der Waals surface area (Å²) < 4.78 is 26.9. The van der Waals surface area contributed by atoms with Crippen molar-refractivity contribution in [2.45, 2.75) is 45.2 Å². The average Bonchev–Trinajstić information content (AvgIpc) is 2.73. The van der Waals surface area contributed by atoms with E-state index in [2.05, 4.69) is 10.6 Å². The monoisotopic (exact) mass is 456 g/mol. The van der Waals surface area contributed by atoms with Gasteiger partial charge < -0.3 is 20.1 Å². The first-order valence-corrected chi connectivity index (χ1v) is 10.3. The minimum Gasteiger partial charge on any atom is -0.493 e. The standard InChI is InChI=1S/C22H26ClFN2O3.ClH/c1-3-19(26-14(2)12-25-13-27)17-8-9-18(23)22(21(17)24)29-16-7-6-15-5-4-10-28-20(15)11-16;/h6-9,11,13-14,19,26H,3-5,10,12H2,1-2H3,(H,25,27);1H/t14-,19-;/m1./s1. The van der Waals surface area contributed by atoms with Crippen molar-refractivity contribution in [2.24, 2.45) is 0 Å². The minimum atomic E-state index is -0.494. The molecule has 1 aliphatic heterocycles. The zero-order chi connectivity index (χ0) is 20.8. The Morgan fingerprint density at radius 1 is 1.33 bits per heavy atom. The zero-order valence-electron chi connectivity index (χ0n) is 17.0. The zero-order valence-corrected chi connectivity index (χ0v) is 18.6. The fraction of sp³-hybridized carbons (Fsp3) is 0.409. The topological polar surface area (TPSA) is 59.6 Å². The number of amides is 1. The Kier molecular flexibility index (Phi) is 9.21. The van der Waals surface area contributed by atoms with Crippen LogP contribution in [0, 0.1) is 5.82 Å². The highest BCUT2D eigenvalue weighted by Gasteiger charge is 2.22. The van der Waals surface area contributed by atoms with E-state index in [0.29, 0.717) is 37.3 Å². The molecule has 2 aromatic rings. The van der Waals surface area contributed by atoms with E-state index in [1.54, 1.807) is 24.3 Å². The SMILES string of the molecule is CC[C@@H](N[C@H](C)CNC=O)c1ccc(Cl)c(Oc2ccc3c(c2)OCCC3)c1F.Cl. The molecule has 1 aliphatic rings. The van der Waals surface area contributed by atoms with Crippen LogP contribution in [0.15, 0.2) is 30.3 Å². The number of rotatable bonds is 9. The van der Waals surface area contributed by atoms with Gasteiger partial charge in [0.05, 0.1) is 11.6 Å². The van der Waals surface area contributed by atoms with Crippen LogP contribution in [0.5, 0.6) is 17.2 Å². The maximum Gasteiger partial charge on any atom is 0.207 e. The Morgan fingerprint density at radius 3 is 2.87 bits per heavy atom. The number of aryl methyl sites for hydroxylation is 1. The van der Waals surface area contributed by atoms with E-state index in [-0.39, 0.29) is 35.3 Å². The number of carbonyl (C=O) groups is 1. The van der Waals surface area contributed by atoms with Crippen molar-refractivity contribution in [3.8, 4) is 17.2 Å². The average molecular weight is 457 g/mol. The highest BCUT2D eigenvalue weighted by atomic mass is 35.5. The fourth-order valence-corrected chi connectivity index (χ4v) is 3.65. The normalized spacial score (nSPS) is 14.5. The molecule has 8 heteroatoms. The number of hydrogen-bond acceptors (Lipinski definition) is 4. The second kappa shape index (κ2) is 11.4. The molecule has 0 unspecified atom stereocenters. The van der Waals surface area contributed by atoms with Crippen LogP contribution < -0.4 is 20.1 Å². The Labute approximate surface area is 187 Å². The molecule has 1 amide bonds. The molecule has 0 aliphatic carbocycles. The first-order valence-electron chi connectivity index (χ1n) is 9.88. The van der Waals surface area contributed by atoms with Crippen molar-refractivity contribution in [1.82, 2.24) is 10.6 Å². The summed E-state index contributed by atoms with van der Waals surface area (Å²) in [6.07, 6.45) is 3.26. The lowest BCUT2D eigenvalue weighted by Gasteiger charge is -2.24. The van der Waals surface area contributed by atoms with Gasteiger partial charge in [-0.3, -0.25) is 4.79 Å². The first-order chi connectivity index (χ1) is 14.0. The molecular formula is C22H27Cl2FN2O3. The number of carbonyl (C=O) groups excluding carboxylic acids is 1. The van der Waals surface area contributed by atoms with Gasteiger partial charge in [-0.1, -0.05) is 30.7 Å². The van der Waals surface area contributed by atoms with Crippen molar-refractivity contribution >= 4 is 30.4 Å². The molecule has 0 spiro atoms. The van der Waals surface area contributed by atoms with E-state index >= 15 is 4.39 Å². The summed E-state index contributed by atoms with van der Waals surface area (Å²) in [5.74, 6) is 0.754. The summed E-state index contributed by atoms with van der Waals surface area (Å²) in [4.78, 5) is 10.5. The molecule has 0 fully saturated rings. The van der Waals surface area contributed by atoms with E-state index in [0.717, 1.165) is 24.2 Å². The predicted octanol–water partition coefficient (Wildman–Crippen LogP) is 5.19. The van der Waals surface area contributed by atoms with E-state index in [1.807, 2.05) is 19.9 Å². The number of ether oxygens (including phenoxy) is 2. The third kappa shape index (κ3) is 5.78. The maximum atomic E-state index is 15.3. The van der Waals surface area contributed by atoms with Crippen molar-refractivity contribution < 1.29 is 18.7 Å². The van der Waals surface area contributed by atoms with Crippen LogP contribution in [-0.2, 0) is 11.2 Å². The molecule has 164 valence electrons. The van der Waals surface area contributed by atoms with E-state index in [1.165, 1.54) is 0 Å². The third-order valence-corrected chi connectivity index (χ3v) is 5.26. The molecule has 2 aromatic carbocycles. The van der Waals surface area contributed by atoms with Crippen LogP contribution in [0.4, 0.5) is 4.39 Å². The van der Waals surface area contributed by atoms with Gasteiger partial charge in [-0.25, -0.2) is 4.39 Å². The van der Waals surface area contributed by atoms with Crippen LogP contribution in [0.25, 0.3) is 0 Å². The lowest BCUT2D eigenvalue weighted by molar-refractivity contribution is -0.109. The summed E-state index contributed by atoms with van der Waals surface area (Å²) in [5, 5.41) is 6.16.